The lowest BCUT2D eigenvalue weighted by Crippen LogP contribution is -2.35. The molecule has 1 heterocycles. The molecule has 1 atom stereocenters. The summed E-state index contributed by atoms with van der Waals surface area (Å²) in [6.07, 6.45) is 0.836. The number of amides is 1. The molecule has 0 fully saturated rings. The lowest BCUT2D eigenvalue weighted by Gasteiger charge is -2.25. The fourth-order valence-corrected chi connectivity index (χ4v) is 4.34. The Bertz CT molecular complexity index is 925. The van der Waals surface area contributed by atoms with E-state index in [1.165, 1.54) is 12.1 Å². The summed E-state index contributed by atoms with van der Waals surface area (Å²) >= 11 is 0. The Kier molecular flexibility index (Phi) is 5.82. The average molecular weight is 388 g/mol. The van der Waals surface area contributed by atoms with E-state index in [1.54, 1.807) is 26.0 Å². The van der Waals surface area contributed by atoms with Crippen molar-refractivity contribution in [3.63, 3.8) is 0 Å². The molecule has 144 valence electrons. The summed E-state index contributed by atoms with van der Waals surface area (Å²) in [6, 6.07) is 13.7. The van der Waals surface area contributed by atoms with Gasteiger partial charge in [0.25, 0.3) is 5.91 Å². The molecule has 3 rings (SSSR count). The number of carbonyl (C=O) groups is 1. The van der Waals surface area contributed by atoms with E-state index in [9.17, 15) is 13.2 Å². The van der Waals surface area contributed by atoms with Gasteiger partial charge in [-0.1, -0.05) is 24.3 Å². The van der Waals surface area contributed by atoms with E-state index in [-0.39, 0.29) is 22.8 Å². The fourth-order valence-electron chi connectivity index (χ4n) is 3.04. The first-order valence-corrected chi connectivity index (χ1v) is 10.4. The van der Waals surface area contributed by atoms with Crippen LogP contribution < -0.4 is 14.8 Å². The largest absolute Gasteiger partial charge is 0.493 e. The second-order valence-corrected chi connectivity index (χ2v) is 8.72. The van der Waals surface area contributed by atoms with E-state index in [2.05, 4.69) is 10.0 Å². The lowest BCUT2D eigenvalue weighted by atomic mass is 9.96. The zero-order valence-corrected chi connectivity index (χ0v) is 16.3. The predicted molar refractivity (Wildman–Crippen MR) is 103 cm³/mol. The second kappa shape index (κ2) is 8.10. The molecule has 0 aromatic heterocycles. The SMILES string of the molecule is CC(C)NS(=O)(=O)c1cccc(C(=O)NCC2COc3ccccc3C2)c1. The number of hydrogen-bond acceptors (Lipinski definition) is 4. The van der Waals surface area contributed by atoms with Crippen molar-refractivity contribution in [3.05, 3.63) is 59.7 Å². The summed E-state index contributed by atoms with van der Waals surface area (Å²) in [4.78, 5) is 12.5. The standard InChI is InChI=1S/C20H24N2O4S/c1-14(2)22-27(24,25)18-8-5-7-17(11-18)20(23)21-12-15-10-16-6-3-4-9-19(16)26-13-15/h3-9,11,14-15,22H,10,12-13H2,1-2H3,(H,21,23). The van der Waals surface area contributed by atoms with Crippen molar-refractivity contribution in [2.24, 2.45) is 5.92 Å². The predicted octanol–water partition coefficient (Wildman–Crippen LogP) is 2.35. The molecule has 2 aromatic carbocycles. The van der Waals surface area contributed by atoms with Crippen molar-refractivity contribution in [2.75, 3.05) is 13.2 Å². The molecular formula is C20H24N2O4S. The first-order valence-electron chi connectivity index (χ1n) is 8.96. The van der Waals surface area contributed by atoms with Crippen LogP contribution in [0.4, 0.5) is 0 Å². The van der Waals surface area contributed by atoms with Crippen molar-refractivity contribution in [2.45, 2.75) is 31.2 Å². The number of para-hydroxylation sites is 1. The summed E-state index contributed by atoms with van der Waals surface area (Å²) < 4.78 is 32.8. The van der Waals surface area contributed by atoms with Crippen molar-refractivity contribution >= 4 is 15.9 Å². The fraction of sp³-hybridized carbons (Fsp3) is 0.350. The van der Waals surface area contributed by atoms with Gasteiger partial charge in [0, 0.05) is 24.1 Å². The van der Waals surface area contributed by atoms with Gasteiger partial charge in [-0.05, 0) is 50.1 Å². The molecule has 1 aliphatic heterocycles. The summed E-state index contributed by atoms with van der Waals surface area (Å²) in [5, 5.41) is 2.88. The molecule has 1 amide bonds. The summed E-state index contributed by atoms with van der Waals surface area (Å²) in [7, 11) is -3.63. The van der Waals surface area contributed by atoms with Crippen LogP contribution in [-0.4, -0.2) is 33.5 Å². The molecule has 2 aromatic rings. The third-order valence-electron chi connectivity index (χ3n) is 4.30. The van der Waals surface area contributed by atoms with Crippen molar-refractivity contribution in [1.29, 1.82) is 0 Å². The van der Waals surface area contributed by atoms with Crippen LogP contribution in [0.5, 0.6) is 5.75 Å². The number of sulfonamides is 1. The molecule has 0 saturated carbocycles. The molecular weight excluding hydrogens is 364 g/mol. The molecule has 0 spiro atoms. The molecule has 6 nitrogen and oxygen atoms in total. The first-order chi connectivity index (χ1) is 12.8. The zero-order chi connectivity index (χ0) is 19.4. The van der Waals surface area contributed by atoms with Crippen LogP contribution >= 0.6 is 0 Å². The number of carbonyl (C=O) groups excluding carboxylic acids is 1. The highest BCUT2D eigenvalue weighted by molar-refractivity contribution is 7.89. The van der Waals surface area contributed by atoms with E-state index in [4.69, 9.17) is 4.74 Å². The number of fused-ring (bicyclic) bond motifs is 1. The lowest BCUT2D eigenvalue weighted by molar-refractivity contribution is 0.0939. The maximum Gasteiger partial charge on any atom is 0.251 e. The summed E-state index contributed by atoms with van der Waals surface area (Å²) in [5.41, 5.74) is 1.45. The quantitative estimate of drug-likeness (QED) is 0.796. The van der Waals surface area contributed by atoms with Gasteiger partial charge in [0.05, 0.1) is 11.5 Å². The molecule has 0 saturated heterocycles. The van der Waals surface area contributed by atoms with Crippen LogP contribution in [0.15, 0.2) is 53.4 Å². The maximum absolute atomic E-state index is 12.5. The number of ether oxygens (including phenoxy) is 1. The molecule has 0 radical (unpaired) electrons. The maximum atomic E-state index is 12.5. The van der Waals surface area contributed by atoms with E-state index in [1.807, 2.05) is 24.3 Å². The van der Waals surface area contributed by atoms with Gasteiger partial charge in [0.2, 0.25) is 10.0 Å². The smallest absolute Gasteiger partial charge is 0.251 e. The van der Waals surface area contributed by atoms with Crippen LogP contribution in [0.1, 0.15) is 29.8 Å². The molecule has 0 bridgehead atoms. The monoisotopic (exact) mass is 388 g/mol. The minimum Gasteiger partial charge on any atom is -0.493 e. The van der Waals surface area contributed by atoms with Gasteiger partial charge in [-0.2, -0.15) is 0 Å². The van der Waals surface area contributed by atoms with Gasteiger partial charge < -0.3 is 10.1 Å². The number of nitrogens with one attached hydrogen (secondary N) is 2. The molecule has 0 aliphatic carbocycles. The highest BCUT2D eigenvalue weighted by Crippen LogP contribution is 2.26. The van der Waals surface area contributed by atoms with Gasteiger partial charge in [-0.15, -0.1) is 0 Å². The summed E-state index contributed by atoms with van der Waals surface area (Å²) in [5.74, 6) is 0.782. The van der Waals surface area contributed by atoms with E-state index >= 15 is 0 Å². The molecule has 27 heavy (non-hydrogen) atoms. The minimum absolute atomic E-state index is 0.0822. The van der Waals surface area contributed by atoms with Gasteiger partial charge >= 0.3 is 0 Å². The Morgan fingerprint density at radius 1 is 1.19 bits per heavy atom. The van der Waals surface area contributed by atoms with Crippen LogP contribution in [0.3, 0.4) is 0 Å². The Balaban J connectivity index is 1.63. The van der Waals surface area contributed by atoms with Gasteiger partial charge in [-0.3, -0.25) is 4.79 Å². The van der Waals surface area contributed by atoms with Gasteiger partial charge in [0.1, 0.15) is 5.75 Å². The third kappa shape index (κ3) is 4.87. The first kappa shape index (κ1) is 19.4. The van der Waals surface area contributed by atoms with Gasteiger partial charge in [-0.25, -0.2) is 13.1 Å². The zero-order valence-electron chi connectivity index (χ0n) is 15.4. The van der Waals surface area contributed by atoms with Crippen molar-refractivity contribution in [1.82, 2.24) is 10.0 Å². The highest BCUT2D eigenvalue weighted by atomic mass is 32.2. The molecule has 1 aliphatic rings. The third-order valence-corrected chi connectivity index (χ3v) is 5.96. The van der Waals surface area contributed by atoms with E-state index in [0.717, 1.165) is 17.7 Å². The summed E-state index contributed by atoms with van der Waals surface area (Å²) in [6.45, 7) is 4.51. The van der Waals surface area contributed by atoms with Crippen LogP contribution in [0.25, 0.3) is 0 Å². The Labute approximate surface area is 160 Å². The number of rotatable bonds is 6. The van der Waals surface area contributed by atoms with Crippen molar-refractivity contribution < 1.29 is 17.9 Å². The Morgan fingerprint density at radius 3 is 2.74 bits per heavy atom. The average Bonchev–Trinajstić information content (AvgIpc) is 2.65. The Hall–Kier alpha value is -2.38. The van der Waals surface area contributed by atoms with E-state index in [0.29, 0.717) is 18.7 Å². The van der Waals surface area contributed by atoms with Crippen LogP contribution in [-0.2, 0) is 16.4 Å². The molecule has 7 heteroatoms. The molecule has 1 unspecified atom stereocenters. The van der Waals surface area contributed by atoms with Crippen LogP contribution in [0.2, 0.25) is 0 Å². The normalized spacial score (nSPS) is 16.5. The van der Waals surface area contributed by atoms with E-state index < -0.39 is 10.0 Å². The Morgan fingerprint density at radius 2 is 1.96 bits per heavy atom. The van der Waals surface area contributed by atoms with Crippen molar-refractivity contribution in [3.8, 4) is 5.75 Å². The number of hydrogen-bond donors (Lipinski definition) is 2. The number of benzene rings is 2. The second-order valence-electron chi connectivity index (χ2n) is 7.00. The molecule has 2 N–H and O–H groups in total. The highest BCUT2D eigenvalue weighted by Gasteiger charge is 2.21. The topological polar surface area (TPSA) is 84.5 Å². The van der Waals surface area contributed by atoms with Gasteiger partial charge in [0.15, 0.2) is 0 Å². The minimum atomic E-state index is -3.63. The van der Waals surface area contributed by atoms with Crippen LogP contribution in [0, 0.1) is 5.92 Å².